The number of fused-ring (bicyclic) bond motifs is 1. The summed E-state index contributed by atoms with van der Waals surface area (Å²) in [6.45, 7) is 12.2. The van der Waals surface area contributed by atoms with E-state index in [0.29, 0.717) is 18.5 Å². The van der Waals surface area contributed by atoms with E-state index in [1.165, 1.54) is 25.0 Å². The number of ether oxygens (including phenoxy) is 1. The molecule has 1 amide bonds. The van der Waals surface area contributed by atoms with Gasteiger partial charge in [0.15, 0.2) is 0 Å². The van der Waals surface area contributed by atoms with Crippen LogP contribution in [-0.4, -0.2) is 49.2 Å². The summed E-state index contributed by atoms with van der Waals surface area (Å²) in [5.41, 5.74) is 1.39. The molecule has 3 aliphatic rings. The summed E-state index contributed by atoms with van der Waals surface area (Å²) in [4.78, 5) is 15.0. The molecular formula is C18H30N2O2. The Morgan fingerprint density at radius 3 is 2.91 bits per heavy atom. The van der Waals surface area contributed by atoms with E-state index in [9.17, 15) is 4.79 Å². The normalized spacial score (nSPS) is 36.5. The molecule has 124 valence electrons. The van der Waals surface area contributed by atoms with Crippen molar-refractivity contribution in [2.45, 2.75) is 52.7 Å². The van der Waals surface area contributed by atoms with Gasteiger partial charge in [-0.3, -0.25) is 9.69 Å². The molecule has 0 unspecified atom stereocenters. The Labute approximate surface area is 134 Å². The summed E-state index contributed by atoms with van der Waals surface area (Å²) in [5.74, 6) is 0.693. The lowest BCUT2D eigenvalue weighted by Crippen LogP contribution is -2.50. The van der Waals surface area contributed by atoms with Gasteiger partial charge in [0, 0.05) is 19.1 Å². The summed E-state index contributed by atoms with van der Waals surface area (Å²) < 4.78 is 5.92. The molecule has 2 saturated heterocycles. The number of hydrogen-bond donors (Lipinski definition) is 1. The van der Waals surface area contributed by atoms with Crippen LogP contribution in [0.2, 0.25) is 0 Å². The lowest BCUT2D eigenvalue weighted by Gasteiger charge is -2.35. The maximum Gasteiger partial charge on any atom is 0.224 e. The molecule has 0 bridgehead atoms. The number of hydrogen-bond acceptors (Lipinski definition) is 3. The van der Waals surface area contributed by atoms with Crippen LogP contribution in [0.3, 0.4) is 0 Å². The molecule has 4 heteroatoms. The van der Waals surface area contributed by atoms with Gasteiger partial charge in [-0.1, -0.05) is 25.5 Å². The van der Waals surface area contributed by atoms with Gasteiger partial charge >= 0.3 is 0 Å². The van der Waals surface area contributed by atoms with E-state index in [1.807, 2.05) is 0 Å². The fourth-order valence-corrected chi connectivity index (χ4v) is 4.18. The first-order chi connectivity index (χ1) is 10.4. The van der Waals surface area contributed by atoms with Crippen molar-refractivity contribution in [1.82, 2.24) is 10.2 Å². The van der Waals surface area contributed by atoms with Crippen molar-refractivity contribution in [3.63, 3.8) is 0 Å². The standard InChI is InChI=1S/C18H30N2O2/c1-12(2)8-15-16(18(15,3)4)17(21)19-9-14-10-20-7-5-6-13(20)11-22-14/h8,13-16H,5-7,9-11H2,1-4H3,(H,19,21)/t13-,14-,15+,16+/m0/s1. The molecule has 2 aliphatic heterocycles. The van der Waals surface area contributed by atoms with Gasteiger partial charge in [0.25, 0.3) is 0 Å². The Morgan fingerprint density at radius 2 is 2.18 bits per heavy atom. The van der Waals surface area contributed by atoms with Crippen LogP contribution < -0.4 is 5.32 Å². The Kier molecular flexibility index (Phi) is 4.34. The highest BCUT2D eigenvalue weighted by Gasteiger charge is 2.60. The van der Waals surface area contributed by atoms with Crippen molar-refractivity contribution in [3.05, 3.63) is 11.6 Å². The molecule has 22 heavy (non-hydrogen) atoms. The predicted octanol–water partition coefficient (Wildman–Crippen LogP) is 2.20. The molecule has 0 aromatic rings. The molecule has 0 aromatic carbocycles. The second-order valence-electron chi connectivity index (χ2n) is 8.06. The molecule has 4 atom stereocenters. The predicted molar refractivity (Wildman–Crippen MR) is 87.5 cm³/mol. The first-order valence-electron chi connectivity index (χ1n) is 8.68. The number of rotatable bonds is 4. The summed E-state index contributed by atoms with van der Waals surface area (Å²) in [6, 6.07) is 0.622. The van der Waals surface area contributed by atoms with Crippen LogP contribution in [0, 0.1) is 17.3 Å². The van der Waals surface area contributed by atoms with Crippen LogP contribution in [-0.2, 0) is 9.53 Å². The molecule has 1 aliphatic carbocycles. The number of allylic oxidation sites excluding steroid dienone is 2. The maximum atomic E-state index is 12.5. The van der Waals surface area contributed by atoms with E-state index in [-0.39, 0.29) is 23.3 Å². The van der Waals surface area contributed by atoms with Gasteiger partial charge in [0.05, 0.1) is 18.6 Å². The molecule has 0 radical (unpaired) electrons. The van der Waals surface area contributed by atoms with E-state index in [4.69, 9.17) is 4.74 Å². The third-order valence-corrected chi connectivity index (χ3v) is 5.67. The molecule has 1 N–H and O–H groups in total. The molecule has 0 spiro atoms. The lowest BCUT2D eigenvalue weighted by atomic mass is 10.1. The van der Waals surface area contributed by atoms with E-state index < -0.39 is 0 Å². The zero-order valence-corrected chi connectivity index (χ0v) is 14.4. The average Bonchev–Trinajstić information content (AvgIpc) is 2.83. The molecule has 3 fully saturated rings. The highest BCUT2D eigenvalue weighted by atomic mass is 16.5. The second kappa shape index (κ2) is 5.97. The van der Waals surface area contributed by atoms with Gasteiger partial charge in [0.2, 0.25) is 5.91 Å². The third kappa shape index (κ3) is 3.09. The second-order valence-corrected chi connectivity index (χ2v) is 8.06. The van der Waals surface area contributed by atoms with Crippen LogP contribution in [0.5, 0.6) is 0 Å². The van der Waals surface area contributed by atoms with Gasteiger partial charge in [0.1, 0.15) is 0 Å². The van der Waals surface area contributed by atoms with Crippen LogP contribution in [0.4, 0.5) is 0 Å². The topological polar surface area (TPSA) is 41.6 Å². The first-order valence-corrected chi connectivity index (χ1v) is 8.68. The number of amides is 1. The SMILES string of the molecule is CC(C)=C[C@@H]1[C@H](C(=O)NC[C@H]2CN3CCC[C@H]3CO2)C1(C)C. The van der Waals surface area contributed by atoms with Crippen LogP contribution in [0.25, 0.3) is 0 Å². The van der Waals surface area contributed by atoms with Crippen molar-refractivity contribution in [2.75, 3.05) is 26.2 Å². The average molecular weight is 306 g/mol. The number of morpholine rings is 1. The van der Waals surface area contributed by atoms with E-state index >= 15 is 0 Å². The smallest absolute Gasteiger partial charge is 0.224 e. The Hall–Kier alpha value is -0.870. The zero-order valence-electron chi connectivity index (χ0n) is 14.4. The monoisotopic (exact) mass is 306 g/mol. The molecule has 4 nitrogen and oxygen atoms in total. The largest absolute Gasteiger partial charge is 0.373 e. The van der Waals surface area contributed by atoms with Crippen LogP contribution >= 0.6 is 0 Å². The quantitative estimate of drug-likeness (QED) is 0.810. The van der Waals surface area contributed by atoms with Gasteiger partial charge in [-0.25, -0.2) is 0 Å². The fourth-order valence-electron chi connectivity index (χ4n) is 4.18. The first kappa shape index (κ1) is 16.0. The summed E-state index contributed by atoms with van der Waals surface area (Å²) in [5, 5.41) is 3.13. The minimum atomic E-state index is 0.0921. The molecule has 2 heterocycles. The fraction of sp³-hybridized carbons (Fsp3) is 0.833. The van der Waals surface area contributed by atoms with E-state index in [0.717, 1.165) is 13.2 Å². The number of nitrogens with one attached hydrogen (secondary N) is 1. The molecular weight excluding hydrogens is 276 g/mol. The summed E-state index contributed by atoms with van der Waals surface area (Å²) >= 11 is 0. The lowest BCUT2D eigenvalue weighted by molar-refractivity contribution is -0.124. The third-order valence-electron chi connectivity index (χ3n) is 5.67. The highest BCUT2D eigenvalue weighted by molar-refractivity contribution is 5.83. The van der Waals surface area contributed by atoms with Gasteiger partial charge in [-0.15, -0.1) is 0 Å². The van der Waals surface area contributed by atoms with Crippen molar-refractivity contribution < 1.29 is 9.53 Å². The Morgan fingerprint density at radius 1 is 1.41 bits per heavy atom. The van der Waals surface area contributed by atoms with Gasteiger partial charge in [-0.2, -0.15) is 0 Å². The number of carbonyl (C=O) groups excluding carboxylic acids is 1. The molecule has 1 saturated carbocycles. The van der Waals surface area contributed by atoms with Crippen molar-refractivity contribution in [1.29, 1.82) is 0 Å². The minimum Gasteiger partial charge on any atom is -0.373 e. The Bertz CT molecular complexity index is 468. The summed E-state index contributed by atoms with van der Waals surface area (Å²) in [7, 11) is 0. The van der Waals surface area contributed by atoms with Crippen LogP contribution in [0.15, 0.2) is 11.6 Å². The highest BCUT2D eigenvalue weighted by Crippen LogP contribution is 2.59. The van der Waals surface area contributed by atoms with E-state index in [2.05, 4.69) is 44.0 Å². The molecule has 3 rings (SSSR count). The summed E-state index contributed by atoms with van der Waals surface area (Å²) in [6.07, 6.45) is 4.95. The number of nitrogens with zero attached hydrogens (tertiary/aromatic N) is 1. The molecule has 0 aromatic heterocycles. The van der Waals surface area contributed by atoms with Crippen molar-refractivity contribution in [2.24, 2.45) is 17.3 Å². The van der Waals surface area contributed by atoms with E-state index in [1.54, 1.807) is 0 Å². The van der Waals surface area contributed by atoms with Crippen molar-refractivity contribution >= 4 is 5.91 Å². The Balaban J connectivity index is 1.48. The van der Waals surface area contributed by atoms with Gasteiger partial charge < -0.3 is 10.1 Å². The number of carbonyl (C=O) groups is 1. The van der Waals surface area contributed by atoms with Crippen molar-refractivity contribution in [3.8, 4) is 0 Å². The van der Waals surface area contributed by atoms with Crippen LogP contribution in [0.1, 0.15) is 40.5 Å². The van der Waals surface area contributed by atoms with Gasteiger partial charge in [-0.05, 0) is 44.6 Å². The zero-order chi connectivity index (χ0) is 15.9. The minimum absolute atomic E-state index is 0.0921. The maximum absolute atomic E-state index is 12.5.